The third-order valence-electron chi connectivity index (χ3n) is 4.91. The van der Waals surface area contributed by atoms with Crippen LogP contribution >= 0.6 is 0 Å². The molecule has 4 rings (SSSR count). The van der Waals surface area contributed by atoms with E-state index in [1.54, 1.807) is 42.5 Å². The van der Waals surface area contributed by atoms with Crippen LogP contribution in [0.4, 0.5) is 13.2 Å². The molecule has 0 N–H and O–H groups in total. The normalized spacial score (nSPS) is 11.5. The molecule has 0 spiro atoms. The van der Waals surface area contributed by atoms with E-state index in [-0.39, 0.29) is 17.1 Å². The second-order valence-corrected chi connectivity index (χ2v) is 7.07. The van der Waals surface area contributed by atoms with Crippen molar-refractivity contribution in [1.29, 1.82) is 0 Å². The minimum absolute atomic E-state index is 0.0986. The largest absolute Gasteiger partial charge is 0.416 e. The summed E-state index contributed by atoms with van der Waals surface area (Å²) in [7, 11) is 0. The van der Waals surface area contributed by atoms with Crippen LogP contribution < -0.4 is 17.1 Å². The van der Waals surface area contributed by atoms with Crippen LogP contribution in [-0.2, 0) is 6.18 Å². The SMILES string of the molecule is Cc1ccc(-n2c(=O)n(-c3ccccc3)c(=O)n(-c3ccc(C(F)(F)F)cc3)c2=O)cc1. The van der Waals surface area contributed by atoms with Crippen LogP contribution in [-0.4, -0.2) is 13.7 Å². The van der Waals surface area contributed by atoms with E-state index in [9.17, 15) is 27.6 Å². The first-order valence-corrected chi connectivity index (χ1v) is 9.50. The predicted octanol–water partition coefficient (Wildman–Crippen LogP) is 3.47. The molecule has 162 valence electrons. The van der Waals surface area contributed by atoms with Gasteiger partial charge in [0, 0.05) is 0 Å². The lowest BCUT2D eigenvalue weighted by atomic mass is 10.2. The molecule has 0 radical (unpaired) electrons. The molecule has 0 atom stereocenters. The summed E-state index contributed by atoms with van der Waals surface area (Å²) in [5.41, 5.74) is -2.58. The van der Waals surface area contributed by atoms with Gasteiger partial charge in [-0.3, -0.25) is 0 Å². The van der Waals surface area contributed by atoms with E-state index in [4.69, 9.17) is 0 Å². The topological polar surface area (TPSA) is 66.0 Å². The van der Waals surface area contributed by atoms with Gasteiger partial charge in [0.2, 0.25) is 0 Å². The molecule has 0 aliphatic rings. The summed E-state index contributed by atoms with van der Waals surface area (Å²) in [6.07, 6.45) is -4.57. The Hall–Kier alpha value is -4.14. The molecular weight excluding hydrogens is 423 g/mol. The predicted molar refractivity (Wildman–Crippen MR) is 113 cm³/mol. The maximum atomic E-state index is 13.3. The molecule has 9 heteroatoms. The van der Waals surface area contributed by atoms with Gasteiger partial charge in [0.05, 0.1) is 22.6 Å². The Balaban J connectivity index is 2.07. The van der Waals surface area contributed by atoms with E-state index < -0.39 is 28.8 Å². The fourth-order valence-electron chi connectivity index (χ4n) is 3.28. The van der Waals surface area contributed by atoms with Crippen molar-refractivity contribution >= 4 is 0 Å². The number of aryl methyl sites for hydroxylation is 1. The van der Waals surface area contributed by atoms with E-state index in [0.29, 0.717) is 4.57 Å². The molecule has 1 aromatic heterocycles. The highest BCUT2D eigenvalue weighted by Crippen LogP contribution is 2.29. The number of halogens is 3. The van der Waals surface area contributed by atoms with Gasteiger partial charge in [0.15, 0.2) is 0 Å². The maximum Gasteiger partial charge on any atom is 0.416 e. The van der Waals surface area contributed by atoms with Gasteiger partial charge in [-0.15, -0.1) is 0 Å². The van der Waals surface area contributed by atoms with Crippen LogP contribution in [0.5, 0.6) is 0 Å². The highest BCUT2D eigenvalue weighted by atomic mass is 19.4. The van der Waals surface area contributed by atoms with E-state index in [1.165, 1.54) is 12.1 Å². The van der Waals surface area contributed by atoms with Crippen molar-refractivity contribution in [1.82, 2.24) is 13.7 Å². The van der Waals surface area contributed by atoms with Gasteiger partial charge in [-0.1, -0.05) is 35.9 Å². The first kappa shape index (κ1) is 21.1. The summed E-state index contributed by atoms with van der Waals surface area (Å²) < 4.78 is 41.2. The van der Waals surface area contributed by atoms with Crippen LogP contribution in [0.15, 0.2) is 93.2 Å². The first-order valence-electron chi connectivity index (χ1n) is 9.50. The van der Waals surface area contributed by atoms with Crippen LogP contribution in [0, 0.1) is 6.92 Å². The Bertz CT molecular complexity index is 1450. The van der Waals surface area contributed by atoms with Crippen molar-refractivity contribution in [3.8, 4) is 17.1 Å². The fraction of sp³-hybridized carbons (Fsp3) is 0.0870. The fourth-order valence-corrected chi connectivity index (χ4v) is 3.28. The van der Waals surface area contributed by atoms with Gasteiger partial charge in [-0.25, -0.2) is 28.1 Å². The molecule has 0 aliphatic heterocycles. The maximum absolute atomic E-state index is 13.3. The van der Waals surface area contributed by atoms with Crippen LogP contribution in [0.25, 0.3) is 17.1 Å². The van der Waals surface area contributed by atoms with Gasteiger partial charge in [0.25, 0.3) is 0 Å². The molecule has 0 saturated heterocycles. The second kappa shape index (κ2) is 7.84. The van der Waals surface area contributed by atoms with E-state index >= 15 is 0 Å². The Labute approximate surface area is 179 Å². The Kier molecular flexibility index (Phi) is 5.17. The van der Waals surface area contributed by atoms with E-state index in [1.807, 2.05) is 6.92 Å². The molecule has 0 bridgehead atoms. The molecule has 1 heterocycles. The van der Waals surface area contributed by atoms with Crippen molar-refractivity contribution in [3.05, 3.63) is 121 Å². The Morgan fingerprint density at radius 2 is 0.938 bits per heavy atom. The van der Waals surface area contributed by atoms with Crippen LogP contribution in [0.3, 0.4) is 0 Å². The summed E-state index contributed by atoms with van der Waals surface area (Å²) in [5, 5.41) is 0. The number of alkyl halides is 3. The minimum atomic E-state index is -4.57. The summed E-state index contributed by atoms with van der Waals surface area (Å²) >= 11 is 0. The number of para-hydroxylation sites is 1. The third kappa shape index (κ3) is 3.68. The lowest BCUT2D eigenvalue weighted by Gasteiger charge is -2.15. The monoisotopic (exact) mass is 439 g/mol. The summed E-state index contributed by atoms with van der Waals surface area (Å²) in [5.74, 6) is 0. The van der Waals surface area contributed by atoms with Gasteiger partial charge >= 0.3 is 23.2 Å². The lowest BCUT2D eigenvalue weighted by molar-refractivity contribution is -0.137. The second-order valence-electron chi connectivity index (χ2n) is 7.07. The quantitative estimate of drug-likeness (QED) is 0.491. The van der Waals surface area contributed by atoms with Crippen molar-refractivity contribution in [2.75, 3.05) is 0 Å². The Morgan fingerprint density at radius 3 is 1.34 bits per heavy atom. The van der Waals surface area contributed by atoms with Crippen molar-refractivity contribution < 1.29 is 13.2 Å². The average molecular weight is 439 g/mol. The van der Waals surface area contributed by atoms with E-state index in [2.05, 4.69) is 0 Å². The molecule has 0 amide bonds. The number of aromatic nitrogens is 3. The van der Waals surface area contributed by atoms with Crippen LogP contribution in [0.1, 0.15) is 11.1 Å². The molecule has 6 nitrogen and oxygen atoms in total. The van der Waals surface area contributed by atoms with Gasteiger partial charge in [-0.2, -0.15) is 13.2 Å². The standard InChI is InChI=1S/C23H16F3N3O3/c1-15-7-11-18(12-8-15)28-20(30)27(17-5-3-2-4-6-17)21(31)29(22(28)32)19-13-9-16(10-14-19)23(24,25)26/h2-14H,1H3. The highest BCUT2D eigenvalue weighted by molar-refractivity contribution is 5.39. The van der Waals surface area contributed by atoms with Crippen LogP contribution in [0.2, 0.25) is 0 Å². The molecule has 4 aromatic rings. The molecule has 0 aliphatic carbocycles. The number of hydrogen-bond donors (Lipinski definition) is 0. The zero-order valence-electron chi connectivity index (χ0n) is 16.7. The molecular formula is C23H16F3N3O3. The zero-order valence-corrected chi connectivity index (χ0v) is 16.7. The van der Waals surface area contributed by atoms with Crippen molar-refractivity contribution in [3.63, 3.8) is 0 Å². The molecule has 32 heavy (non-hydrogen) atoms. The zero-order chi connectivity index (χ0) is 23.0. The van der Waals surface area contributed by atoms with E-state index in [0.717, 1.165) is 39.0 Å². The molecule has 0 unspecified atom stereocenters. The lowest BCUT2D eigenvalue weighted by Crippen LogP contribution is -2.52. The first-order chi connectivity index (χ1) is 15.2. The smallest absolute Gasteiger partial charge is 0.246 e. The number of benzene rings is 3. The van der Waals surface area contributed by atoms with Gasteiger partial charge < -0.3 is 0 Å². The summed E-state index contributed by atoms with van der Waals surface area (Å²) in [6, 6.07) is 18.0. The summed E-state index contributed by atoms with van der Waals surface area (Å²) in [4.78, 5) is 39.7. The third-order valence-corrected chi connectivity index (χ3v) is 4.91. The Morgan fingerprint density at radius 1 is 0.562 bits per heavy atom. The molecule has 3 aromatic carbocycles. The van der Waals surface area contributed by atoms with Gasteiger partial charge in [0.1, 0.15) is 0 Å². The number of nitrogens with zero attached hydrogens (tertiary/aromatic N) is 3. The molecule has 0 saturated carbocycles. The van der Waals surface area contributed by atoms with Crippen molar-refractivity contribution in [2.45, 2.75) is 13.1 Å². The highest BCUT2D eigenvalue weighted by Gasteiger charge is 2.30. The van der Waals surface area contributed by atoms with Crippen molar-refractivity contribution in [2.24, 2.45) is 0 Å². The minimum Gasteiger partial charge on any atom is -0.246 e. The average Bonchev–Trinajstić information content (AvgIpc) is 2.75. The summed E-state index contributed by atoms with van der Waals surface area (Å²) in [6.45, 7) is 1.83. The number of hydrogen-bond acceptors (Lipinski definition) is 3. The number of rotatable bonds is 3. The van der Waals surface area contributed by atoms with Gasteiger partial charge in [-0.05, 0) is 55.5 Å². The molecule has 0 fully saturated rings.